The molecule has 3 heteroatoms. The Hall–Kier alpha value is 0.600. The molecule has 7 heavy (non-hydrogen) atoms. The predicted octanol–water partition coefficient (Wildman–Crippen LogP) is 3.30. The van der Waals surface area contributed by atoms with Crippen LogP contribution in [0.15, 0.2) is 23.0 Å². The van der Waals surface area contributed by atoms with Crippen LogP contribution in [0, 0.1) is 0 Å². The Kier molecular flexibility index (Phi) is 1.51. The van der Waals surface area contributed by atoms with E-state index in [-0.39, 0.29) is 0 Å². The van der Waals surface area contributed by atoms with Crippen molar-refractivity contribution in [2.24, 2.45) is 0 Å². The van der Waals surface area contributed by atoms with E-state index in [9.17, 15) is 0 Å². The first-order valence-corrected chi connectivity index (χ1v) is 6.21. The number of hydrogen-bond donors (Lipinski definition) is 0. The van der Waals surface area contributed by atoms with Gasteiger partial charge in [0.05, 0.1) is 0 Å². The van der Waals surface area contributed by atoms with Crippen molar-refractivity contribution in [3.63, 3.8) is 0 Å². The normalized spacial score (nSPS) is 28.3. The summed E-state index contributed by atoms with van der Waals surface area (Å²) < 4.78 is 0. The van der Waals surface area contributed by atoms with Gasteiger partial charge in [0, 0.05) is 0 Å². The van der Waals surface area contributed by atoms with Gasteiger partial charge >= 0.3 is 0 Å². The van der Waals surface area contributed by atoms with Gasteiger partial charge in [0.1, 0.15) is 0 Å². The number of rotatable bonds is 0. The van der Waals surface area contributed by atoms with Crippen molar-refractivity contribution in [3.8, 4) is 0 Å². The van der Waals surface area contributed by atoms with Crippen LogP contribution in [0.2, 0.25) is 0 Å². The molecule has 0 spiro atoms. The summed E-state index contributed by atoms with van der Waals surface area (Å²) in [6.45, 7) is 0. The van der Waals surface area contributed by atoms with E-state index in [1.54, 1.807) is 0 Å². The van der Waals surface area contributed by atoms with Crippen molar-refractivity contribution in [3.05, 3.63) is 23.0 Å². The highest BCUT2D eigenvalue weighted by Crippen LogP contribution is 2.65. The SMILES string of the molecule is ClS1(Br)C=CC=C1. The average Bonchev–Trinajstić information content (AvgIpc) is 1.84. The van der Waals surface area contributed by atoms with Crippen LogP contribution >= 0.6 is 33.2 Å². The highest BCUT2D eigenvalue weighted by atomic mass is 79.9. The minimum absolute atomic E-state index is 1.12. The van der Waals surface area contributed by atoms with Gasteiger partial charge in [-0.3, -0.25) is 0 Å². The van der Waals surface area contributed by atoms with Crippen molar-refractivity contribution in [1.29, 1.82) is 0 Å². The maximum Gasteiger partial charge on any atom is -0.00846 e. The lowest BCUT2D eigenvalue weighted by Gasteiger charge is -2.08. The molecule has 1 aliphatic heterocycles. The summed E-state index contributed by atoms with van der Waals surface area (Å²) in [5, 5.41) is 3.91. The summed E-state index contributed by atoms with van der Waals surface area (Å²) in [7, 11) is 4.67. The Morgan fingerprint density at radius 1 is 1.29 bits per heavy atom. The zero-order valence-electron chi connectivity index (χ0n) is 3.47. The summed E-state index contributed by atoms with van der Waals surface area (Å²) in [5.74, 6) is 0. The molecule has 0 aromatic carbocycles. The molecule has 0 unspecified atom stereocenters. The molecule has 1 aliphatic rings. The van der Waals surface area contributed by atoms with Crippen LogP contribution < -0.4 is 0 Å². The van der Waals surface area contributed by atoms with Crippen LogP contribution in [0.5, 0.6) is 0 Å². The summed E-state index contributed by atoms with van der Waals surface area (Å²) in [5.41, 5.74) is 0. The van der Waals surface area contributed by atoms with E-state index in [1.165, 1.54) is 0 Å². The average molecular weight is 200 g/mol. The minimum Gasteiger partial charge on any atom is -0.0630 e. The van der Waals surface area contributed by atoms with Crippen molar-refractivity contribution in [2.45, 2.75) is 0 Å². The molecule has 0 saturated heterocycles. The largest absolute Gasteiger partial charge is 0.0630 e. The van der Waals surface area contributed by atoms with Gasteiger partial charge in [0.2, 0.25) is 0 Å². The lowest BCUT2D eigenvalue weighted by Crippen LogP contribution is -1.54. The molecule has 0 atom stereocenters. The zero-order valence-corrected chi connectivity index (χ0v) is 6.63. The predicted molar refractivity (Wildman–Crippen MR) is 40.7 cm³/mol. The van der Waals surface area contributed by atoms with Crippen molar-refractivity contribution in [1.82, 2.24) is 0 Å². The molecule has 0 N–H and O–H groups in total. The lowest BCUT2D eigenvalue weighted by atomic mass is 10.6. The second kappa shape index (κ2) is 1.84. The first kappa shape index (κ1) is 5.73. The van der Waals surface area contributed by atoms with Crippen molar-refractivity contribution < 1.29 is 0 Å². The Bertz CT molecular complexity index is 114. The van der Waals surface area contributed by atoms with Gasteiger partial charge in [-0.25, -0.2) is 0 Å². The molecule has 0 aromatic heterocycles. The summed E-state index contributed by atoms with van der Waals surface area (Å²) in [6, 6.07) is 0. The van der Waals surface area contributed by atoms with Crippen LogP contribution in [0.4, 0.5) is 0 Å². The highest BCUT2D eigenvalue weighted by molar-refractivity contribution is 9.62. The van der Waals surface area contributed by atoms with Gasteiger partial charge in [-0.2, -0.15) is 0 Å². The molecule has 0 radical (unpaired) electrons. The number of hydrogen-bond acceptors (Lipinski definition) is 0. The molecule has 1 rings (SSSR count). The van der Waals surface area contributed by atoms with E-state index in [0.717, 1.165) is 0 Å². The van der Waals surface area contributed by atoms with E-state index in [1.807, 2.05) is 23.0 Å². The maximum atomic E-state index is 5.79. The van der Waals surface area contributed by atoms with Gasteiger partial charge < -0.3 is 0 Å². The zero-order chi connectivity index (χ0) is 5.33. The van der Waals surface area contributed by atoms with Crippen LogP contribution in [0.25, 0.3) is 0 Å². The molecule has 0 fully saturated rings. The molecule has 0 bridgehead atoms. The highest BCUT2D eigenvalue weighted by Gasteiger charge is 2.09. The van der Waals surface area contributed by atoms with Gasteiger partial charge in [0.25, 0.3) is 0 Å². The van der Waals surface area contributed by atoms with E-state index in [4.69, 9.17) is 10.7 Å². The van der Waals surface area contributed by atoms with Crippen molar-refractivity contribution >= 4 is 33.2 Å². The second-order valence-corrected chi connectivity index (χ2v) is 8.72. The summed E-state index contributed by atoms with van der Waals surface area (Å²) in [6.07, 6.45) is 3.88. The first-order valence-electron chi connectivity index (χ1n) is 1.78. The summed E-state index contributed by atoms with van der Waals surface area (Å²) >= 11 is 3.32. The minimum atomic E-state index is -1.12. The lowest BCUT2D eigenvalue weighted by molar-refractivity contribution is 2.15. The fourth-order valence-electron chi connectivity index (χ4n) is 0.346. The molecule has 40 valence electrons. The van der Waals surface area contributed by atoms with Crippen LogP contribution in [-0.4, -0.2) is 0 Å². The van der Waals surface area contributed by atoms with Gasteiger partial charge in [0.15, 0.2) is 0 Å². The Labute approximate surface area is 56.3 Å². The van der Waals surface area contributed by atoms with E-state index in [0.29, 0.717) is 0 Å². The molecular formula is C4H4BrClS. The molecule has 0 amide bonds. The number of allylic oxidation sites excluding steroid dienone is 2. The molecule has 1 heterocycles. The molecule has 0 aliphatic carbocycles. The quantitative estimate of drug-likeness (QED) is 0.562. The van der Waals surface area contributed by atoms with Gasteiger partial charge in [-0.15, -0.1) is 0 Å². The third kappa shape index (κ3) is 1.52. The van der Waals surface area contributed by atoms with Crippen LogP contribution in [-0.2, 0) is 0 Å². The van der Waals surface area contributed by atoms with Crippen LogP contribution in [0.3, 0.4) is 0 Å². The smallest absolute Gasteiger partial charge is 0.00846 e. The monoisotopic (exact) mass is 198 g/mol. The first-order chi connectivity index (χ1) is 3.21. The van der Waals surface area contributed by atoms with Crippen LogP contribution in [0.1, 0.15) is 0 Å². The molecule has 0 aromatic rings. The molecule has 0 nitrogen and oxygen atoms in total. The second-order valence-electron chi connectivity index (χ2n) is 1.21. The summed E-state index contributed by atoms with van der Waals surface area (Å²) in [4.78, 5) is 0. The molecular weight excluding hydrogens is 195 g/mol. The third-order valence-corrected chi connectivity index (χ3v) is 3.58. The third-order valence-electron chi connectivity index (χ3n) is 0.631. The standard InChI is InChI=1S/C4H4BrClS/c5-7(6)3-1-2-4-7/h1-4H. The fourth-order valence-corrected chi connectivity index (χ4v) is 2.14. The van der Waals surface area contributed by atoms with E-state index >= 15 is 0 Å². The van der Waals surface area contributed by atoms with Crippen molar-refractivity contribution in [2.75, 3.05) is 0 Å². The molecule has 0 saturated carbocycles. The Balaban J connectivity index is 2.77. The topological polar surface area (TPSA) is 0 Å². The Morgan fingerprint density at radius 2 is 1.71 bits per heavy atom. The fraction of sp³-hybridized carbons (Fsp3) is 0. The number of halogens is 2. The maximum absolute atomic E-state index is 5.79. The Morgan fingerprint density at radius 3 is 1.86 bits per heavy atom. The van der Waals surface area contributed by atoms with Gasteiger partial charge in [-0.05, 0) is 36.3 Å². The van der Waals surface area contributed by atoms with E-state index < -0.39 is 7.68 Å². The van der Waals surface area contributed by atoms with E-state index in [2.05, 4.69) is 14.8 Å². The van der Waals surface area contributed by atoms with Gasteiger partial charge in [-0.1, -0.05) is 19.8 Å².